The average Bonchev–Trinajstić information content (AvgIpc) is 3.16. The molecule has 152 valence electrons. The second kappa shape index (κ2) is 9.77. The van der Waals surface area contributed by atoms with E-state index in [-0.39, 0.29) is 18.9 Å². The van der Waals surface area contributed by atoms with Crippen molar-refractivity contribution in [1.82, 2.24) is 15.3 Å². The van der Waals surface area contributed by atoms with Crippen molar-refractivity contribution in [1.29, 1.82) is 0 Å². The highest BCUT2D eigenvalue weighted by Crippen LogP contribution is 2.16. The molecule has 2 N–H and O–H groups in total. The highest BCUT2D eigenvalue weighted by Gasteiger charge is 2.18. The Morgan fingerprint density at radius 2 is 1.83 bits per heavy atom. The van der Waals surface area contributed by atoms with Gasteiger partial charge < -0.3 is 15.0 Å². The number of aromatic nitrogens is 2. The number of H-pyrrole nitrogens is 1. The van der Waals surface area contributed by atoms with Crippen LogP contribution in [0.4, 0.5) is 13.2 Å². The molecule has 3 aromatic rings. The Hall–Kier alpha value is -2.56. The molecular weight excluding hydrogens is 498 g/mol. The molecule has 3 rings (SSSR count). The third kappa shape index (κ3) is 6.21. The molecule has 0 aliphatic heterocycles. The molecular formula is C20H17F3IN3O2. The number of hydrogen-bond acceptors (Lipinski definition) is 3. The Balaban J connectivity index is 1.71. The van der Waals surface area contributed by atoms with Crippen LogP contribution < -0.4 is 10.1 Å². The van der Waals surface area contributed by atoms with Gasteiger partial charge in [-0.2, -0.15) is 0 Å². The molecule has 0 aliphatic rings. The molecule has 1 unspecified atom stereocenters. The second-order valence-electron chi connectivity index (χ2n) is 6.24. The van der Waals surface area contributed by atoms with Gasteiger partial charge >= 0.3 is 0 Å². The largest absolute Gasteiger partial charge is 0.491 e. The lowest BCUT2D eigenvalue weighted by atomic mass is 10.1. The summed E-state index contributed by atoms with van der Waals surface area (Å²) < 4.78 is 45.2. The third-order valence-corrected chi connectivity index (χ3v) is 4.75. The molecule has 5 nitrogen and oxygen atoms in total. The van der Waals surface area contributed by atoms with Gasteiger partial charge in [0.15, 0.2) is 5.82 Å². The van der Waals surface area contributed by atoms with E-state index in [0.717, 1.165) is 3.57 Å². The van der Waals surface area contributed by atoms with Crippen LogP contribution in [0, 0.1) is 9.39 Å². The van der Waals surface area contributed by atoms with Crippen molar-refractivity contribution >= 4 is 28.5 Å². The van der Waals surface area contributed by atoms with E-state index >= 15 is 0 Å². The number of nitrogens with zero attached hydrogens (tertiary/aromatic N) is 1. The van der Waals surface area contributed by atoms with Crippen LogP contribution in [0.25, 0.3) is 0 Å². The first-order chi connectivity index (χ1) is 13.9. The Labute approximate surface area is 178 Å². The zero-order valence-corrected chi connectivity index (χ0v) is 17.2. The summed E-state index contributed by atoms with van der Waals surface area (Å²) in [4.78, 5) is 18.8. The summed E-state index contributed by atoms with van der Waals surface area (Å²) in [5.41, 5.74) is 0.908. The fourth-order valence-corrected chi connectivity index (χ4v) is 2.97. The lowest BCUT2D eigenvalue weighted by Gasteiger charge is -2.19. The summed E-state index contributed by atoms with van der Waals surface area (Å²) in [6.45, 7) is 0.0603. The lowest BCUT2D eigenvalue weighted by molar-refractivity contribution is 0.0921. The molecule has 0 radical (unpaired) electrons. The van der Waals surface area contributed by atoms with Crippen LogP contribution in [0.3, 0.4) is 0 Å². The van der Waals surface area contributed by atoms with Crippen molar-refractivity contribution in [3.8, 4) is 5.75 Å². The zero-order chi connectivity index (χ0) is 20.8. The summed E-state index contributed by atoms with van der Waals surface area (Å²) >= 11 is 2.14. The fourth-order valence-electron chi connectivity index (χ4n) is 2.61. The number of carbonyl (C=O) groups is 1. The van der Waals surface area contributed by atoms with E-state index in [1.807, 2.05) is 12.1 Å². The predicted molar refractivity (Wildman–Crippen MR) is 110 cm³/mol. The van der Waals surface area contributed by atoms with Gasteiger partial charge in [-0.1, -0.05) is 0 Å². The predicted octanol–water partition coefficient (Wildman–Crippen LogP) is 4.51. The average molecular weight is 515 g/mol. The topological polar surface area (TPSA) is 67.0 Å². The molecule has 1 aromatic heterocycles. The maximum Gasteiger partial charge on any atom is 0.295 e. The number of rotatable bonds is 8. The molecule has 0 fully saturated rings. The van der Waals surface area contributed by atoms with Crippen molar-refractivity contribution in [2.75, 3.05) is 6.61 Å². The Morgan fingerprint density at radius 1 is 1.14 bits per heavy atom. The molecule has 2 aromatic carbocycles. The first-order valence-electron chi connectivity index (χ1n) is 8.67. The van der Waals surface area contributed by atoms with E-state index in [4.69, 9.17) is 4.74 Å². The summed E-state index contributed by atoms with van der Waals surface area (Å²) in [5, 5.41) is 2.85. The van der Waals surface area contributed by atoms with Gasteiger partial charge in [0.05, 0.1) is 6.04 Å². The number of carbonyl (C=O) groups excluding carboxylic acids is 1. The van der Waals surface area contributed by atoms with Crippen molar-refractivity contribution in [3.63, 3.8) is 0 Å². The minimum atomic E-state index is -2.71. The van der Waals surface area contributed by atoms with Gasteiger partial charge in [-0.3, -0.25) is 4.79 Å². The van der Waals surface area contributed by atoms with Crippen LogP contribution in [0.2, 0.25) is 0 Å². The molecule has 1 heterocycles. The summed E-state index contributed by atoms with van der Waals surface area (Å²) in [6, 6.07) is 11.9. The number of ether oxygens (including phenoxy) is 1. The van der Waals surface area contributed by atoms with Gasteiger partial charge in [0.25, 0.3) is 12.3 Å². The summed E-state index contributed by atoms with van der Waals surface area (Å²) in [6.07, 6.45) is -1.19. The molecule has 0 spiro atoms. The Bertz CT molecular complexity index is 946. The SMILES string of the molecule is O=C(NC(COc1ccc(F)cc1)Cc1cnc(C(F)F)[nH]1)c1ccc(I)cc1. The molecule has 0 aliphatic carbocycles. The monoisotopic (exact) mass is 515 g/mol. The Kier molecular flexibility index (Phi) is 7.13. The van der Waals surface area contributed by atoms with Gasteiger partial charge in [-0.05, 0) is 71.1 Å². The smallest absolute Gasteiger partial charge is 0.295 e. The molecule has 9 heteroatoms. The van der Waals surface area contributed by atoms with Crippen molar-refractivity contribution < 1.29 is 22.7 Å². The van der Waals surface area contributed by atoms with E-state index in [2.05, 4.69) is 37.9 Å². The van der Waals surface area contributed by atoms with Crippen LogP contribution in [-0.4, -0.2) is 28.5 Å². The molecule has 0 saturated carbocycles. The number of halogens is 4. The van der Waals surface area contributed by atoms with Gasteiger partial charge in [0.1, 0.15) is 18.2 Å². The number of amides is 1. The van der Waals surface area contributed by atoms with Crippen molar-refractivity contribution in [2.24, 2.45) is 0 Å². The van der Waals surface area contributed by atoms with Crippen molar-refractivity contribution in [2.45, 2.75) is 18.9 Å². The first-order valence-corrected chi connectivity index (χ1v) is 9.75. The molecule has 1 atom stereocenters. The normalized spacial score (nSPS) is 12.0. The number of hydrogen-bond donors (Lipinski definition) is 2. The van der Waals surface area contributed by atoms with Crippen LogP contribution in [0.1, 0.15) is 28.3 Å². The molecule has 1 amide bonds. The highest BCUT2D eigenvalue weighted by atomic mass is 127. The van der Waals surface area contributed by atoms with Crippen LogP contribution >= 0.6 is 22.6 Å². The van der Waals surface area contributed by atoms with Gasteiger partial charge in [0.2, 0.25) is 0 Å². The number of alkyl halides is 2. The quantitative estimate of drug-likeness (QED) is 0.434. The zero-order valence-electron chi connectivity index (χ0n) is 15.0. The van der Waals surface area contributed by atoms with E-state index in [0.29, 0.717) is 17.0 Å². The first kappa shape index (κ1) is 21.2. The van der Waals surface area contributed by atoms with Gasteiger partial charge in [-0.25, -0.2) is 18.2 Å². The standard InChI is InChI=1S/C20H17F3IN3O2/c21-13-3-7-17(8-4-13)29-11-16(9-15-10-25-19(26-15)18(22)23)27-20(28)12-1-5-14(24)6-2-12/h1-8,10,16,18H,9,11H2,(H,25,26)(H,27,28). The highest BCUT2D eigenvalue weighted by molar-refractivity contribution is 14.1. The van der Waals surface area contributed by atoms with Crippen LogP contribution in [-0.2, 0) is 6.42 Å². The van der Waals surface area contributed by atoms with E-state index in [9.17, 15) is 18.0 Å². The number of benzene rings is 2. The van der Waals surface area contributed by atoms with E-state index in [1.54, 1.807) is 12.1 Å². The van der Waals surface area contributed by atoms with Gasteiger partial charge in [-0.15, -0.1) is 0 Å². The lowest BCUT2D eigenvalue weighted by Crippen LogP contribution is -2.40. The summed E-state index contributed by atoms with van der Waals surface area (Å²) in [7, 11) is 0. The van der Waals surface area contributed by atoms with Crippen molar-refractivity contribution in [3.05, 3.63) is 81.2 Å². The second-order valence-corrected chi connectivity index (χ2v) is 7.49. The third-order valence-electron chi connectivity index (χ3n) is 4.03. The molecule has 29 heavy (non-hydrogen) atoms. The van der Waals surface area contributed by atoms with Crippen LogP contribution in [0.5, 0.6) is 5.75 Å². The maximum absolute atomic E-state index is 13.0. The molecule has 0 bridgehead atoms. The van der Waals surface area contributed by atoms with E-state index in [1.165, 1.54) is 30.5 Å². The van der Waals surface area contributed by atoms with Gasteiger partial charge in [0, 0.05) is 27.4 Å². The summed E-state index contributed by atoms with van der Waals surface area (Å²) in [5.74, 6) is -0.708. The number of imidazole rings is 1. The van der Waals surface area contributed by atoms with Crippen LogP contribution in [0.15, 0.2) is 54.7 Å². The Morgan fingerprint density at radius 3 is 2.45 bits per heavy atom. The fraction of sp³-hybridized carbons (Fsp3) is 0.200. The maximum atomic E-state index is 13.0. The minimum Gasteiger partial charge on any atom is -0.491 e. The number of nitrogens with one attached hydrogen (secondary N) is 2. The van der Waals surface area contributed by atoms with E-state index < -0.39 is 24.1 Å². The number of aromatic amines is 1. The minimum absolute atomic E-state index is 0.0603. The molecule has 0 saturated heterocycles.